The smallest absolute Gasteiger partial charge is 0.255 e. The molecule has 2 aromatic heterocycles. The Balaban J connectivity index is 1.91. The molecule has 5 nitrogen and oxygen atoms in total. The van der Waals surface area contributed by atoms with Gasteiger partial charge < -0.3 is 15.6 Å². The van der Waals surface area contributed by atoms with Crippen LogP contribution in [0.3, 0.4) is 0 Å². The molecule has 0 atom stereocenters. The van der Waals surface area contributed by atoms with Gasteiger partial charge in [0.25, 0.3) is 5.91 Å². The number of H-pyrrole nitrogens is 1. The lowest BCUT2D eigenvalue weighted by Crippen LogP contribution is -2.35. The van der Waals surface area contributed by atoms with Crippen molar-refractivity contribution in [2.75, 3.05) is 13.1 Å². The maximum absolute atomic E-state index is 12.9. The average molecular weight is 329 g/mol. The molecule has 0 saturated heterocycles. The lowest BCUT2D eigenvalue weighted by molar-refractivity contribution is 0.0750. The Morgan fingerprint density at radius 1 is 1.30 bits per heavy atom. The maximum atomic E-state index is 12.9. The van der Waals surface area contributed by atoms with Gasteiger partial charge in [0.1, 0.15) is 5.65 Å². The van der Waals surface area contributed by atoms with Crippen molar-refractivity contribution in [2.45, 2.75) is 6.54 Å². The molecular formula is C17H17ClN4O. The first-order valence-electron chi connectivity index (χ1n) is 7.35. The van der Waals surface area contributed by atoms with Crippen LogP contribution < -0.4 is 5.73 Å². The Morgan fingerprint density at radius 2 is 2.17 bits per heavy atom. The zero-order chi connectivity index (χ0) is 16.2. The zero-order valence-corrected chi connectivity index (χ0v) is 13.3. The molecule has 0 bridgehead atoms. The fourth-order valence-corrected chi connectivity index (χ4v) is 2.79. The first-order valence-corrected chi connectivity index (χ1v) is 7.72. The number of hydrogen-bond donors (Lipinski definition) is 2. The molecule has 0 radical (unpaired) electrons. The van der Waals surface area contributed by atoms with Crippen LogP contribution in [0.1, 0.15) is 15.9 Å². The van der Waals surface area contributed by atoms with E-state index < -0.39 is 0 Å². The van der Waals surface area contributed by atoms with Crippen LogP contribution in [0.5, 0.6) is 0 Å². The summed E-state index contributed by atoms with van der Waals surface area (Å²) in [5.41, 5.74) is 7.97. The van der Waals surface area contributed by atoms with E-state index in [1.165, 1.54) is 0 Å². The highest BCUT2D eigenvalue weighted by atomic mass is 35.5. The van der Waals surface area contributed by atoms with Crippen LogP contribution in [0, 0.1) is 0 Å². The molecule has 118 valence electrons. The van der Waals surface area contributed by atoms with Crippen LogP contribution >= 0.6 is 11.6 Å². The van der Waals surface area contributed by atoms with Crippen LogP contribution in [0.25, 0.3) is 11.0 Å². The molecule has 3 N–H and O–H groups in total. The summed E-state index contributed by atoms with van der Waals surface area (Å²) in [6.45, 7) is 1.33. The summed E-state index contributed by atoms with van der Waals surface area (Å²) in [6.07, 6.45) is 3.41. The second-order valence-electron chi connectivity index (χ2n) is 5.24. The monoisotopic (exact) mass is 328 g/mol. The van der Waals surface area contributed by atoms with E-state index in [0.717, 1.165) is 10.9 Å². The van der Waals surface area contributed by atoms with Gasteiger partial charge in [0, 0.05) is 42.4 Å². The van der Waals surface area contributed by atoms with E-state index in [-0.39, 0.29) is 5.91 Å². The van der Waals surface area contributed by atoms with E-state index in [0.29, 0.717) is 35.9 Å². The first-order chi connectivity index (χ1) is 11.2. The Hall–Kier alpha value is -2.37. The molecule has 0 fully saturated rings. The van der Waals surface area contributed by atoms with Gasteiger partial charge in [0.05, 0.1) is 5.56 Å². The number of hydrogen-bond acceptors (Lipinski definition) is 3. The van der Waals surface area contributed by atoms with E-state index in [1.807, 2.05) is 30.3 Å². The van der Waals surface area contributed by atoms with E-state index in [4.69, 9.17) is 17.3 Å². The van der Waals surface area contributed by atoms with Gasteiger partial charge in [-0.1, -0.05) is 23.7 Å². The quantitative estimate of drug-likeness (QED) is 0.756. The molecule has 1 amide bonds. The molecule has 3 aromatic rings. The summed E-state index contributed by atoms with van der Waals surface area (Å²) < 4.78 is 0. The van der Waals surface area contributed by atoms with Crippen LogP contribution in [0.2, 0.25) is 5.02 Å². The Bertz CT molecular complexity index is 830. The van der Waals surface area contributed by atoms with Crippen LogP contribution in [-0.4, -0.2) is 33.9 Å². The van der Waals surface area contributed by atoms with Gasteiger partial charge in [-0.15, -0.1) is 0 Å². The second kappa shape index (κ2) is 6.81. The molecule has 6 heteroatoms. The van der Waals surface area contributed by atoms with Gasteiger partial charge in [-0.05, 0) is 29.8 Å². The van der Waals surface area contributed by atoms with Crippen molar-refractivity contribution in [1.82, 2.24) is 14.9 Å². The highest BCUT2D eigenvalue weighted by molar-refractivity contribution is 6.30. The molecule has 0 aliphatic carbocycles. The third-order valence-electron chi connectivity index (χ3n) is 3.64. The third-order valence-corrected chi connectivity index (χ3v) is 3.87. The maximum Gasteiger partial charge on any atom is 0.255 e. The van der Waals surface area contributed by atoms with Gasteiger partial charge in [-0.25, -0.2) is 4.98 Å². The number of halogens is 1. The number of benzene rings is 1. The van der Waals surface area contributed by atoms with Crippen LogP contribution in [0.15, 0.2) is 48.8 Å². The third kappa shape index (κ3) is 3.36. The number of aromatic amines is 1. The number of carbonyl (C=O) groups excluding carboxylic acids is 1. The lowest BCUT2D eigenvalue weighted by Gasteiger charge is -2.22. The van der Waals surface area contributed by atoms with Crippen molar-refractivity contribution in [3.8, 4) is 0 Å². The van der Waals surface area contributed by atoms with Crippen molar-refractivity contribution in [3.05, 3.63) is 64.9 Å². The number of nitrogens with zero attached hydrogens (tertiary/aromatic N) is 2. The molecular weight excluding hydrogens is 312 g/mol. The number of pyridine rings is 1. The fraction of sp³-hybridized carbons (Fsp3) is 0.176. The molecule has 0 aliphatic rings. The van der Waals surface area contributed by atoms with Crippen molar-refractivity contribution in [1.29, 1.82) is 0 Å². The molecule has 0 saturated carbocycles. The second-order valence-corrected chi connectivity index (χ2v) is 5.68. The number of aromatic nitrogens is 2. The lowest BCUT2D eigenvalue weighted by atomic mass is 10.1. The standard InChI is InChI=1S/C17H17ClN4O/c18-13-3-1-2-12(10-13)11-22(9-6-19)17(23)15-5-8-21-16-14(15)4-7-20-16/h1-5,7-8,10H,6,9,11,19H2,(H,20,21). The topological polar surface area (TPSA) is 75.0 Å². The predicted octanol–water partition coefficient (Wildman–Crippen LogP) is 2.82. The molecule has 2 heterocycles. The normalized spacial score (nSPS) is 10.9. The van der Waals surface area contributed by atoms with E-state index in [2.05, 4.69) is 9.97 Å². The SMILES string of the molecule is NCCN(Cc1cccc(Cl)c1)C(=O)c1ccnc2[nH]ccc12. The molecule has 3 rings (SSSR count). The highest BCUT2D eigenvalue weighted by Crippen LogP contribution is 2.19. The summed E-state index contributed by atoms with van der Waals surface area (Å²) in [6, 6.07) is 11.1. The van der Waals surface area contributed by atoms with Crippen molar-refractivity contribution in [2.24, 2.45) is 5.73 Å². The van der Waals surface area contributed by atoms with Gasteiger partial charge in [0.15, 0.2) is 0 Å². The Labute approximate surface area is 139 Å². The average Bonchev–Trinajstić information content (AvgIpc) is 3.02. The number of carbonyl (C=O) groups is 1. The minimum absolute atomic E-state index is 0.0672. The van der Waals surface area contributed by atoms with Crippen LogP contribution in [0.4, 0.5) is 0 Å². The minimum Gasteiger partial charge on any atom is -0.346 e. The van der Waals surface area contributed by atoms with E-state index in [1.54, 1.807) is 23.4 Å². The summed E-state index contributed by atoms with van der Waals surface area (Å²) in [4.78, 5) is 21.9. The van der Waals surface area contributed by atoms with Gasteiger partial charge in [-0.2, -0.15) is 0 Å². The number of fused-ring (bicyclic) bond motifs is 1. The largest absolute Gasteiger partial charge is 0.346 e. The van der Waals surface area contributed by atoms with Crippen molar-refractivity contribution >= 4 is 28.5 Å². The fourth-order valence-electron chi connectivity index (χ4n) is 2.58. The molecule has 23 heavy (non-hydrogen) atoms. The molecule has 0 unspecified atom stereocenters. The molecule has 1 aromatic carbocycles. The van der Waals surface area contributed by atoms with E-state index in [9.17, 15) is 4.79 Å². The van der Waals surface area contributed by atoms with Gasteiger partial charge >= 0.3 is 0 Å². The zero-order valence-electron chi connectivity index (χ0n) is 12.5. The van der Waals surface area contributed by atoms with E-state index >= 15 is 0 Å². The van der Waals surface area contributed by atoms with Gasteiger partial charge in [-0.3, -0.25) is 4.79 Å². The van der Waals surface area contributed by atoms with Gasteiger partial charge in [0.2, 0.25) is 0 Å². The Kier molecular flexibility index (Phi) is 4.60. The number of amides is 1. The minimum atomic E-state index is -0.0672. The summed E-state index contributed by atoms with van der Waals surface area (Å²) in [7, 11) is 0. The van der Waals surface area contributed by atoms with Crippen molar-refractivity contribution in [3.63, 3.8) is 0 Å². The number of nitrogens with two attached hydrogens (primary N) is 1. The first kappa shape index (κ1) is 15.5. The summed E-state index contributed by atoms with van der Waals surface area (Å²) in [5, 5.41) is 1.46. The van der Waals surface area contributed by atoms with Crippen LogP contribution in [-0.2, 0) is 6.54 Å². The highest BCUT2D eigenvalue weighted by Gasteiger charge is 2.18. The molecule has 0 spiro atoms. The Morgan fingerprint density at radius 3 is 2.96 bits per heavy atom. The summed E-state index contributed by atoms with van der Waals surface area (Å²) >= 11 is 6.02. The molecule has 0 aliphatic heterocycles. The number of nitrogens with one attached hydrogen (secondary N) is 1. The number of rotatable bonds is 5. The predicted molar refractivity (Wildman–Crippen MR) is 91.3 cm³/mol. The van der Waals surface area contributed by atoms with Crippen molar-refractivity contribution < 1.29 is 4.79 Å². The summed E-state index contributed by atoms with van der Waals surface area (Å²) in [5.74, 6) is -0.0672.